The summed E-state index contributed by atoms with van der Waals surface area (Å²) in [7, 11) is 0. The fourth-order valence-corrected chi connectivity index (χ4v) is 3.93. The normalized spacial score (nSPS) is 21.0. The molecule has 1 saturated heterocycles. The zero-order chi connectivity index (χ0) is 19.7. The van der Waals surface area contributed by atoms with E-state index in [-0.39, 0.29) is 11.8 Å². The van der Waals surface area contributed by atoms with Gasteiger partial charge >= 0.3 is 0 Å². The maximum atomic E-state index is 12.6. The highest BCUT2D eigenvalue weighted by atomic mass is 16.5. The van der Waals surface area contributed by atoms with Gasteiger partial charge in [0.25, 0.3) is 11.8 Å². The molecule has 4 heterocycles. The molecule has 0 aliphatic carbocycles. The van der Waals surface area contributed by atoms with E-state index in [4.69, 9.17) is 9.15 Å². The molecule has 2 aromatic heterocycles. The van der Waals surface area contributed by atoms with Gasteiger partial charge in [0, 0.05) is 44.9 Å². The largest absolute Gasteiger partial charge is 0.472 e. The topological polar surface area (TPSA) is 89.6 Å². The van der Waals surface area contributed by atoms with E-state index in [0.717, 1.165) is 5.82 Å². The lowest BCUT2D eigenvalue weighted by molar-refractivity contribution is -0.172. The van der Waals surface area contributed by atoms with Crippen LogP contribution < -0.4 is 5.32 Å². The molecule has 1 spiro atoms. The third-order valence-corrected chi connectivity index (χ3v) is 5.46. The van der Waals surface area contributed by atoms with Crippen LogP contribution in [0, 0.1) is 5.92 Å². The second kappa shape index (κ2) is 7.43. The third kappa shape index (κ3) is 3.44. The second-order valence-electron chi connectivity index (χ2n) is 7.95. The first-order chi connectivity index (χ1) is 13.5. The number of imidazole rings is 1. The van der Waals surface area contributed by atoms with E-state index in [0.29, 0.717) is 50.5 Å². The minimum atomic E-state index is -0.644. The van der Waals surface area contributed by atoms with Gasteiger partial charge in [-0.15, -0.1) is 0 Å². The predicted octanol–water partition coefficient (Wildman–Crippen LogP) is 1.78. The van der Waals surface area contributed by atoms with Gasteiger partial charge in [0.1, 0.15) is 17.7 Å². The number of ether oxygens (including phenoxy) is 1. The third-order valence-electron chi connectivity index (χ3n) is 5.46. The highest BCUT2D eigenvalue weighted by Crippen LogP contribution is 2.40. The molecule has 0 radical (unpaired) electrons. The number of amides is 2. The molecule has 1 fully saturated rings. The maximum absolute atomic E-state index is 12.6. The Kier molecular flexibility index (Phi) is 4.97. The minimum Gasteiger partial charge on any atom is -0.472 e. The number of nitrogens with zero attached hydrogens (tertiary/aromatic N) is 3. The van der Waals surface area contributed by atoms with Gasteiger partial charge in [0.05, 0.1) is 18.4 Å². The van der Waals surface area contributed by atoms with Gasteiger partial charge in [-0.2, -0.15) is 0 Å². The zero-order valence-corrected chi connectivity index (χ0v) is 16.3. The summed E-state index contributed by atoms with van der Waals surface area (Å²) in [5.41, 5.74) is -0.0951. The van der Waals surface area contributed by atoms with Gasteiger partial charge in [0.15, 0.2) is 6.10 Å². The lowest BCUT2D eigenvalue weighted by Gasteiger charge is -2.45. The molecule has 2 aliphatic heterocycles. The second-order valence-corrected chi connectivity index (χ2v) is 7.95. The van der Waals surface area contributed by atoms with Gasteiger partial charge in [-0.1, -0.05) is 13.8 Å². The Morgan fingerprint density at radius 3 is 2.82 bits per heavy atom. The number of rotatable bonds is 4. The molecule has 28 heavy (non-hydrogen) atoms. The summed E-state index contributed by atoms with van der Waals surface area (Å²) >= 11 is 0. The highest BCUT2D eigenvalue weighted by molar-refractivity contribution is 5.93. The Morgan fingerprint density at radius 1 is 1.36 bits per heavy atom. The molecule has 8 nitrogen and oxygen atoms in total. The van der Waals surface area contributed by atoms with Gasteiger partial charge in [-0.05, 0) is 12.0 Å². The quantitative estimate of drug-likeness (QED) is 0.865. The molecule has 8 heteroatoms. The number of piperidine rings is 1. The highest BCUT2D eigenvalue weighted by Gasteiger charge is 2.47. The van der Waals surface area contributed by atoms with Crippen LogP contribution in [0.3, 0.4) is 0 Å². The summed E-state index contributed by atoms with van der Waals surface area (Å²) in [6.45, 7) is 6.27. The molecule has 1 unspecified atom stereocenters. The van der Waals surface area contributed by atoms with E-state index in [9.17, 15) is 9.59 Å². The van der Waals surface area contributed by atoms with Crippen LogP contribution >= 0.6 is 0 Å². The summed E-state index contributed by atoms with van der Waals surface area (Å²) in [6.07, 6.45) is 7.24. The molecule has 2 aromatic rings. The molecule has 1 atom stereocenters. The smallest absolute Gasteiger partial charge is 0.257 e. The van der Waals surface area contributed by atoms with E-state index < -0.39 is 11.7 Å². The number of aromatic nitrogens is 2. The van der Waals surface area contributed by atoms with E-state index in [1.807, 2.05) is 10.8 Å². The van der Waals surface area contributed by atoms with E-state index in [1.165, 1.54) is 12.5 Å². The molecule has 2 amide bonds. The Morgan fingerprint density at radius 2 is 2.14 bits per heavy atom. The van der Waals surface area contributed by atoms with Crippen LogP contribution in [0.1, 0.15) is 42.9 Å². The molecule has 1 N–H and O–H groups in total. The fraction of sp³-hybridized carbons (Fsp3) is 0.550. The number of likely N-dealkylation sites (tertiary alicyclic amines) is 1. The van der Waals surface area contributed by atoms with Gasteiger partial charge in [0.2, 0.25) is 0 Å². The molecule has 4 rings (SSSR count). The molecule has 2 aliphatic rings. The van der Waals surface area contributed by atoms with E-state index >= 15 is 0 Å². The molecule has 0 bridgehead atoms. The van der Waals surface area contributed by atoms with Crippen molar-refractivity contribution in [1.29, 1.82) is 0 Å². The summed E-state index contributed by atoms with van der Waals surface area (Å²) in [4.78, 5) is 31.5. The molecule has 150 valence electrons. The molecular weight excluding hydrogens is 360 g/mol. The summed E-state index contributed by atoms with van der Waals surface area (Å²) in [5, 5.41) is 2.97. The van der Waals surface area contributed by atoms with Gasteiger partial charge in [-0.3, -0.25) is 9.59 Å². The number of furan rings is 1. The van der Waals surface area contributed by atoms with Gasteiger partial charge < -0.3 is 23.9 Å². The number of carbonyl (C=O) groups excluding carboxylic acids is 2. The van der Waals surface area contributed by atoms with Crippen molar-refractivity contribution in [2.75, 3.05) is 19.6 Å². The van der Waals surface area contributed by atoms with Crippen molar-refractivity contribution in [2.24, 2.45) is 5.92 Å². The van der Waals surface area contributed by atoms with Crippen molar-refractivity contribution in [3.05, 3.63) is 42.4 Å². The average Bonchev–Trinajstić information content (AvgIpc) is 3.38. The molecule has 0 aromatic carbocycles. The number of fused-ring (bicyclic) bond motifs is 2. The van der Waals surface area contributed by atoms with Crippen LogP contribution in [0.15, 0.2) is 35.4 Å². The molecule has 0 saturated carbocycles. The van der Waals surface area contributed by atoms with Crippen molar-refractivity contribution >= 4 is 11.8 Å². The fourth-order valence-electron chi connectivity index (χ4n) is 3.93. The lowest BCUT2D eigenvalue weighted by Crippen LogP contribution is -2.55. The standard InChI is InChI=1S/C20H26N4O4/c1-14(2)11-22-17(25)16-12-24-9-6-21-19(24)20(28-16)4-7-23(8-5-20)18(26)15-3-10-27-13-15/h3,6,9-10,13-14,16H,4-5,7-8,11-12H2,1-2H3,(H,22,25). The minimum absolute atomic E-state index is 0.0472. The van der Waals surface area contributed by atoms with Crippen molar-refractivity contribution < 1.29 is 18.7 Å². The first kappa shape index (κ1) is 18.7. The monoisotopic (exact) mass is 386 g/mol. The zero-order valence-electron chi connectivity index (χ0n) is 16.3. The Hall–Kier alpha value is -2.61. The van der Waals surface area contributed by atoms with Crippen molar-refractivity contribution in [2.45, 2.75) is 44.9 Å². The van der Waals surface area contributed by atoms with Crippen molar-refractivity contribution in [1.82, 2.24) is 19.8 Å². The molecular formula is C20H26N4O4. The van der Waals surface area contributed by atoms with E-state index in [2.05, 4.69) is 24.1 Å². The van der Waals surface area contributed by atoms with Crippen LogP contribution in [0.2, 0.25) is 0 Å². The van der Waals surface area contributed by atoms with Crippen molar-refractivity contribution in [3.63, 3.8) is 0 Å². The summed E-state index contributed by atoms with van der Waals surface area (Å²) in [6, 6.07) is 1.67. The van der Waals surface area contributed by atoms with E-state index in [1.54, 1.807) is 17.2 Å². The number of nitrogens with one attached hydrogen (secondary N) is 1. The van der Waals surface area contributed by atoms with Crippen LogP contribution in [0.4, 0.5) is 0 Å². The van der Waals surface area contributed by atoms with Crippen molar-refractivity contribution in [3.8, 4) is 0 Å². The number of carbonyl (C=O) groups is 2. The van der Waals surface area contributed by atoms with Crippen LogP contribution in [0.25, 0.3) is 0 Å². The summed E-state index contributed by atoms with van der Waals surface area (Å²) < 4.78 is 13.4. The van der Waals surface area contributed by atoms with Crippen LogP contribution in [0.5, 0.6) is 0 Å². The lowest BCUT2D eigenvalue weighted by atomic mass is 9.88. The first-order valence-electron chi connectivity index (χ1n) is 9.77. The number of hydrogen-bond acceptors (Lipinski definition) is 5. The average molecular weight is 386 g/mol. The Balaban J connectivity index is 1.49. The number of hydrogen-bond donors (Lipinski definition) is 1. The summed E-state index contributed by atoms with van der Waals surface area (Å²) in [5.74, 6) is 1.08. The van der Waals surface area contributed by atoms with Gasteiger partial charge in [-0.25, -0.2) is 4.98 Å². The van der Waals surface area contributed by atoms with Crippen LogP contribution in [-0.2, 0) is 21.7 Å². The SMILES string of the molecule is CC(C)CNC(=O)C1Cn2ccnc2C2(CCN(C(=O)c3ccoc3)CC2)O1. The Bertz CT molecular complexity index is 834. The maximum Gasteiger partial charge on any atom is 0.257 e. The first-order valence-corrected chi connectivity index (χ1v) is 9.77. The van der Waals surface area contributed by atoms with Crippen LogP contribution in [-0.4, -0.2) is 52.0 Å². The Labute approximate surface area is 163 Å². The predicted molar refractivity (Wildman–Crippen MR) is 100 cm³/mol.